The summed E-state index contributed by atoms with van der Waals surface area (Å²) in [4.78, 5) is 35.2. The van der Waals surface area contributed by atoms with Crippen molar-refractivity contribution in [3.05, 3.63) is 23.3 Å². The fourth-order valence-electron chi connectivity index (χ4n) is 2.60. The number of nitrogens with one attached hydrogen (secondary N) is 2. The molecule has 1 unspecified atom stereocenters. The molecule has 0 aliphatic carbocycles. The second-order valence-corrected chi connectivity index (χ2v) is 6.70. The Hall–Kier alpha value is -2.42. The molecule has 1 rings (SSSR count). The molecule has 0 radical (unpaired) electrons. The highest BCUT2D eigenvalue weighted by Crippen LogP contribution is 2.33. The summed E-state index contributed by atoms with van der Waals surface area (Å²) in [6, 6.07) is 2.65. The van der Waals surface area contributed by atoms with Crippen molar-refractivity contribution in [1.29, 1.82) is 0 Å². The van der Waals surface area contributed by atoms with Crippen LogP contribution in [0.4, 0.5) is 0 Å². The molecule has 0 fully saturated rings. The van der Waals surface area contributed by atoms with Crippen LogP contribution in [0.5, 0.6) is 11.5 Å². The number of ether oxygens (including phenoxy) is 2. The molecule has 0 aliphatic rings. The van der Waals surface area contributed by atoms with Crippen LogP contribution >= 0.6 is 11.8 Å². The van der Waals surface area contributed by atoms with Crippen LogP contribution < -0.4 is 20.1 Å². The number of aromatic carboxylic acids is 1. The molecule has 1 atom stereocenters. The van der Waals surface area contributed by atoms with Crippen molar-refractivity contribution in [2.75, 3.05) is 32.8 Å². The Kier molecular flexibility index (Phi) is 9.49. The second kappa shape index (κ2) is 11.3. The third kappa shape index (κ3) is 6.67. The number of rotatable bonds is 11. The van der Waals surface area contributed by atoms with Gasteiger partial charge in [-0.05, 0) is 36.5 Å². The highest BCUT2D eigenvalue weighted by Gasteiger charge is 2.22. The van der Waals surface area contributed by atoms with Crippen molar-refractivity contribution in [2.24, 2.45) is 0 Å². The van der Waals surface area contributed by atoms with Gasteiger partial charge in [0.05, 0.1) is 14.2 Å². The molecule has 0 spiro atoms. The van der Waals surface area contributed by atoms with Crippen molar-refractivity contribution >= 4 is 29.5 Å². The van der Waals surface area contributed by atoms with Gasteiger partial charge in [-0.25, -0.2) is 4.79 Å². The zero-order chi connectivity index (χ0) is 20.4. The van der Waals surface area contributed by atoms with Crippen LogP contribution in [-0.4, -0.2) is 61.7 Å². The van der Waals surface area contributed by atoms with Crippen LogP contribution in [0.25, 0.3) is 0 Å². The molecule has 9 heteroatoms. The van der Waals surface area contributed by atoms with Gasteiger partial charge in [0.1, 0.15) is 11.6 Å². The maximum Gasteiger partial charge on any atom is 0.339 e. The van der Waals surface area contributed by atoms with Crippen molar-refractivity contribution in [1.82, 2.24) is 10.6 Å². The largest absolute Gasteiger partial charge is 0.493 e. The number of benzene rings is 1. The minimum absolute atomic E-state index is 0.00638. The fourth-order valence-corrected chi connectivity index (χ4v) is 3.08. The molecule has 27 heavy (non-hydrogen) atoms. The number of hydrogen-bond donors (Lipinski definition) is 3. The second-order valence-electron chi connectivity index (χ2n) is 5.72. The zero-order valence-electron chi connectivity index (χ0n) is 16.0. The first-order chi connectivity index (χ1) is 12.8. The highest BCUT2D eigenvalue weighted by atomic mass is 32.2. The maximum atomic E-state index is 12.3. The predicted molar refractivity (Wildman–Crippen MR) is 104 cm³/mol. The molecule has 0 aromatic heterocycles. The summed E-state index contributed by atoms with van der Waals surface area (Å²) in [7, 11) is 2.81. The Bertz CT molecular complexity index is 680. The Morgan fingerprint density at radius 1 is 1.22 bits per heavy atom. The van der Waals surface area contributed by atoms with Crippen LogP contribution in [0.2, 0.25) is 0 Å². The van der Waals surface area contributed by atoms with E-state index < -0.39 is 12.0 Å². The Morgan fingerprint density at radius 3 is 2.44 bits per heavy atom. The van der Waals surface area contributed by atoms with E-state index >= 15 is 0 Å². The predicted octanol–water partition coefficient (Wildman–Crippen LogP) is 1.32. The van der Waals surface area contributed by atoms with Crippen LogP contribution in [0.1, 0.15) is 29.3 Å². The standard InChI is InChI=1S/C18H26N2O6S/c1-11(21)20-13(8-10-27-4)17(22)19-9-7-12-5-6-14(25-2)16(26-3)15(12)18(23)24/h5-6,13H,7-10H2,1-4H3,(H,19,22)(H,20,21)(H,23,24). The van der Waals surface area contributed by atoms with Crippen molar-refractivity contribution in [3.63, 3.8) is 0 Å². The topological polar surface area (TPSA) is 114 Å². The molecule has 150 valence electrons. The van der Waals surface area contributed by atoms with Gasteiger partial charge in [-0.2, -0.15) is 11.8 Å². The summed E-state index contributed by atoms with van der Waals surface area (Å²) in [5.41, 5.74) is 0.521. The molecule has 8 nitrogen and oxygen atoms in total. The molecule has 0 saturated heterocycles. The van der Waals surface area contributed by atoms with Gasteiger partial charge >= 0.3 is 5.97 Å². The van der Waals surface area contributed by atoms with Crippen molar-refractivity contribution in [3.8, 4) is 11.5 Å². The molecule has 1 aromatic carbocycles. The van der Waals surface area contributed by atoms with E-state index in [0.717, 1.165) is 5.75 Å². The van der Waals surface area contributed by atoms with E-state index in [2.05, 4.69) is 10.6 Å². The molecule has 0 saturated carbocycles. The highest BCUT2D eigenvalue weighted by molar-refractivity contribution is 7.98. The monoisotopic (exact) mass is 398 g/mol. The first-order valence-electron chi connectivity index (χ1n) is 8.36. The van der Waals surface area contributed by atoms with E-state index in [9.17, 15) is 19.5 Å². The lowest BCUT2D eigenvalue weighted by atomic mass is 10.0. The summed E-state index contributed by atoms with van der Waals surface area (Å²) in [6.07, 6.45) is 2.74. The number of amides is 2. The first-order valence-corrected chi connectivity index (χ1v) is 9.75. The SMILES string of the molecule is COc1ccc(CCNC(=O)C(CCSC)NC(C)=O)c(C(=O)O)c1OC. The van der Waals surface area contributed by atoms with E-state index in [1.54, 1.807) is 23.9 Å². The van der Waals surface area contributed by atoms with Gasteiger partial charge in [0.2, 0.25) is 11.8 Å². The van der Waals surface area contributed by atoms with Gasteiger partial charge in [-0.3, -0.25) is 9.59 Å². The lowest BCUT2D eigenvalue weighted by Crippen LogP contribution is -2.46. The van der Waals surface area contributed by atoms with E-state index in [1.807, 2.05) is 6.26 Å². The van der Waals surface area contributed by atoms with Gasteiger partial charge in [-0.15, -0.1) is 0 Å². The van der Waals surface area contributed by atoms with Crippen LogP contribution in [0.15, 0.2) is 12.1 Å². The minimum atomic E-state index is -1.14. The van der Waals surface area contributed by atoms with Crippen molar-refractivity contribution < 1.29 is 29.0 Å². The van der Waals surface area contributed by atoms with Gasteiger partial charge in [0.15, 0.2) is 11.5 Å². The smallest absolute Gasteiger partial charge is 0.339 e. The van der Waals surface area contributed by atoms with Gasteiger partial charge in [0, 0.05) is 13.5 Å². The number of carboxylic acid groups (broad SMARTS) is 1. The van der Waals surface area contributed by atoms with Gasteiger partial charge in [0.25, 0.3) is 0 Å². The Balaban J connectivity index is 2.84. The van der Waals surface area contributed by atoms with Crippen molar-refractivity contribution in [2.45, 2.75) is 25.8 Å². The van der Waals surface area contributed by atoms with Gasteiger partial charge < -0.3 is 25.2 Å². The molecule has 3 N–H and O–H groups in total. The molecule has 1 aromatic rings. The number of carbonyl (C=O) groups is 3. The Morgan fingerprint density at radius 2 is 1.93 bits per heavy atom. The lowest BCUT2D eigenvalue weighted by molar-refractivity contribution is -0.128. The number of methoxy groups -OCH3 is 2. The summed E-state index contributed by atoms with van der Waals surface area (Å²) in [5, 5.41) is 14.9. The van der Waals surface area contributed by atoms with Crippen LogP contribution in [-0.2, 0) is 16.0 Å². The third-order valence-electron chi connectivity index (χ3n) is 3.84. The number of hydrogen-bond acceptors (Lipinski definition) is 6. The lowest BCUT2D eigenvalue weighted by Gasteiger charge is -2.18. The molecular weight excluding hydrogens is 372 g/mol. The summed E-state index contributed by atoms with van der Waals surface area (Å²) >= 11 is 1.59. The van der Waals surface area contributed by atoms with E-state index in [1.165, 1.54) is 21.1 Å². The first kappa shape index (κ1) is 22.6. The number of carboxylic acids is 1. The molecule has 0 heterocycles. The normalized spacial score (nSPS) is 11.4. The molecule has 0 bridgehead atoms. The number of carbonyl (C=O) groups excluding carboxylic acids is 2. The molecule has 0 aliphatic heterocycles. The average molecular weight is 398 g/mol. The third-order valence-corrected chi connectivity index (χ3v) is 4.49. The molecule has 2 amide bonds. The average Bonchev–Trinajstić information content (AvgIpc) is 2.63. The number of thioether (sulfide) groups is 1. The Labute approximate surface area is 163 Å². The summed E-state index contributed by atoms with van der Waals surface area (Å²) in [6.45, 7) is 1.59. The van der Waals surface area contributed by atoms with Gasteiger partial charge in [-0.1, -0.05) is 6.07 Å². The fraction of sp³-hybridized carbons (Fsp3) is 0.500. The quantitative estimate of drug-likeness (QED) is 0.515. The van der Waals surface area contributed by atoms with E-state index in [0.29, 0.717) is 24.2 Å². The summed E-state index contributed by atoms with van der Waals surface area (Å²) in [5.74, 6) is -0.503. The zero-order valence-corrected chi connectivity index (χ0v) is 16.8. The van der Waals surface area contributed by atoms with E-state index in [4.69, 9.17) is 9.47 Å². The minimum Gasteiger partial charge on any atom is -0.493 e. The maximum absolute atomic E-state index is 12.3. The molecular formula is C18H26N2O6S. The summed E-state index contributed by atoms with van der Waals surface area (Å²) < 4.78 is 10.3. The van der Waals surface area contributed by atoms with E-state index in [-0.39, 0.29) is 29.7 Å². The van der Waals surface area contributed by atoms with Crippen LogP contribution in [0.3, 0.4) is 0 Å². The van der Waals surface area contributed by atoms with Crippen LogP contribution in [0, 0.1) is 0 Å².